The fourth-order valence-corrected chi connectivity index (χ4v) is 4.87. The second-order valence-electron chi connectivity index (χ2n) is 9.16. The molecule has 1 saturated heterocycles. The van der Waals surface area contributed by atoms with E-state index in [1.54, 1.807) is 12.1 Å². The zero-order valence-corrected chi connectivity index (χ0v) is 18.3. The summed E-state index contributed by atoms with van der Waals surface area (Å²) in [7, 11) is 1.79. The molecule has 2 aromatic heterocycles. The van der Waals surface area contributed by atoms with Crippen molar-refractivity contribution in [1.82, 2.24) is 14.6 Å². The largest absolute Gasteiger partial charge is 0.401 e. The number of aliphatic hydroxyl groups is 1. The van der Waals surface area contributed by atoms with Crippen molar-refractivity contribution in [2.45, 2.75) is 44.8 Å². The highest BCUT2D eigenvalue weighted by Gasteiger charge is 2.42. The quantitative estimate of drug-likeness (QED) is 0.432. The van der Waals surface area contributed by atoms with Gasteiger partial charge in [-0.05, 0) is 56.2 Å². The highest BCUT2D eigenvalue weighted by atomic mass is 16.5. The Morgan fingerprint density at radius 3 is 2.65 bits per heavy atom. The Kier molecular flexibility index (Phi) is 4.92. The molecule has 0 radical (unpaired) electrons. The maximum Gasteiger partial charge on any atom is 0.0960 e. The average molecular weight is 422 g/mol. The number of nitrogens with zero attached hydrogens (tertiary/aromatic N) is 3. The SMILES string of the molecule is C/C(N)=C(\c1cnc2c3ccc(C4(O)CC4)cc3n(CC3CCOCC3)c2c1)N(C)N. The summed E-state index contributed by atoms with van der Waals surface area (Å²) in [4.78, 5) is 4.84. The van der Waals surface area contributed by atoms with Crippen LogP contribution in [0, 0.1) is 5.92 Å². The fraction of sp³-hybridized carbons (Fsp3) is 0.458. The van der Waals surface area contributed by atoms with Crippen LogP contribution in [0.1, 0.15) is 43.7 Å². The highest BCUT2D eigenvalue weighted by molar-refractivity contribution is 6.06. The summed E-state index contributed by atoms with van der Waals surface area (Å²) in [5, 5.41) is 13.4. The highest BCUT2D eigenvalue weighted by Crippen LogP contribution is 2.46. The van der Waals surface area contributed by atoms with E-state index in [2.05, 4.69) is 22.8 Å². The summed E-state index contributed by atoms with van der Waals surface area (Å²) < 4.78 is 7.94. The van der Waals surface area contributed by atoms with E-state index in [0.717, 1.165) is 84.2 Å². The molecule has 31 heavy (non-hydrogen) atoms. The van der Waals surface area contributed by atoms with Gasteiger partial charge < -0.3 is 25.2 Å². The minimum Gasteiger partial charge on any atom is -0.401 e. The summed E-state index contributed by atoms with van der Waals surface area (Å²) >= 11 is 0. The van der Waals surface area contributed by atoms with E-state index in [4.69, 9.17) is 21.3 Å². The molecule has 0 unspecified atom stereocenters. The zero-order chi connectivity index (χ0) is 21.8. The van der Waals surface area contributed by atoms with Crippen molar-refractivity contribution in [2.75, 3.05) is 20.3 Å². The first-order chi connectivity index (χ1) is 14.9. The molecule has 0 bridgehead atoms. The molecule has 0 atom stereocenters. The van der Waals surface area contributed by atoms with Crippen molar-refractivity contribution in [3.05, 3.63) is 47.3 Å². The molecule has 3 heterocycles. The number of allylic oxidation sites excluding steroid dienone is 1. The van der Waals surface area contributed by atoms with Gasteiger partial charge in [0, 0.05) is 49.6 Å². The van der Waals surface area contributed by atoms with Crippen LogP contribution in [0.5, 0.6) is 0 Å². The van der Waals surface area contributed by atoms with Crippen molar-refractivity contribution < 1.29 is 9.84 Å². The molecule has 7 nitrogen and oxygen atoms in total. The maximum atomic E-state index is 10.7. The van der Waals surface area contributed by atoms with Gasteiger partial charge in [0.2, 0.25) is 0 Å². The van der Waals surface area contributed by atoms with E-state index < -0.39 is 5.60 Å². The number of fused-ring (bicyclic) bond motifs is 3. The summed E-state index contributed by atoms with van der Waals surface area (Å²) in [6.45, 7) is 4.37. The van der Waals surface area contributed by atoms with E-state index in [1.807, 2.05) is 19.2 Å². The van der Waals surface area contributed by atoms with Crippen LogP contribution in [-0.4, -0.2) is 39.9 Å². The maximum absolute atomic E-state index is 10.7. The fourth-order valence-electron chi connectivity index (χ4n) is 4.87. The molecule has 164 valence electrons. The van der Waals surface area contributed by atoms with Crippen LogP contribution in [0.3, 0.4) is 0 Å². The summed E-state index contributed by atoms with van der Waals surface area (Å²) in [5.74, 6) is 6.62. The molecule has 1 aliphatic carbocycles. The molecule has 2 fully saturated rings. The summed E-state index contributed by atoms with van der Waals surface area (Å²) in [6.07, 6.45) is 5.60. The molecule has 1 aliphatic heterocycles. The molecular weight excluding hydrogens is 390 g/mol. The van der Waals surface area contributed by atoms with Gasteiger partial charge in [-0.2, -0.15) is 0 Å². The second-order valence-corrected chi connectivity index (χ2v) is 9.16. The Morgan fingerprint density at radius 1 is 1.26 bits per heavy atom. The lowest BCUT2D eigenvalue weighted by molar-refractivity contribution is 0.0619. The van der Waals surface area contributed by atoms with Crippen LogP contribution in [0.2, 0.25) is 0 Å². The molecule has 1 saturated carbocycles. The topological polar surface area (TPSA) is 103 Å². The average Bonchev–Trinajstić information content (AvgIpc) is 3.43. The molecule has 7 heteroatoms. The van der Waals surface area contributed by atoms with Gasteiger partial charge in [-0.3, -0.25) is 4.98 Å². The van der Waals surface area contributed by atoms with E-state index in [0.29, 0.717) is 11.6 Å². The van der Waals surface area contributed by atoms with Gasteiger partial charge in [-0.25, -0.2) is 5.84 Å². The van der Waals surface area contributed by atoms with Gasteiger partial charge in [0.15, 0.2) is 0 Å². The van der Waals surface area contributed by atoms with Crippen LogP contribution in [0.15, 0.2) is 36.2 Å². The Morgan fingerprint density at radius 2 is 2.00 bits per heavy atom. The van der Waals surface area contributed by atoms with Gasteiger partial charge >= 0.3 is 0 Å². The van der Waals surface area contributed by atoms with Gasteiger partial charge in [-0.15, -0.1) is 0 Å². The molecule has 1 aromatic carbocycles. The number of aromatic nitrogens is 2. The number of rotatable bonds is 5. The minimum atomic E-state index is -0.665. The number of nitrogens with two attached hydrogens (primary N) is 2. The molecule has 2 aliphatic rings. The van der Waals surface area contributed by atoms with Crippen LogP contribution < -0.4 is 11.6 Å². The Balaban J connectivity index is 1.71. The van der Waals surface area contributed by atoms with Crippen molar-refractivity contribution in [3.8, 4) is 0 Å². The van der Waals surface area contributed by atoms with Crippen LogP contribution in [0.25, 0.3) is 27.6 Å². The number of pyridine rings is 1. The number of ether oxygens (including phenoxy) is 1. The van der Waals surface area contributed by atoms with Crippen molar-refractivity contribution in [3.63, 3.8) is 0 Å². The van der Waals surface area contributed by atoms with E-state index >= 15 is 0 Å². The van der Waals surface area contributed by atoms with Crippen LogP contribution >= 0.6 is 0 Å². The second kappa shape index (κ2) is 7.51. The third kappa shape index (κ3) is 3.56. The predicted molar refractivity (Wildman–Crippen MR) is 123 cm³/mol. The number of hydrogen-bond acceptors (Lipinski definition) is 6. The van der Waals surface area contributed by atoms with E-state index in [9.17, 15) is 5.11 Å². The third-order valence-electron chi connectivity index (χ3n) is 6.74. The van der Waals surface area contributed by atoms with Crippen LogP contribution in [-0.2, 0) is 16.9 Å². The van der Waals surface area contributed by atoms with Crippen molar-refractivity contribution in [1.29, 1.82) is 0 Å². The first-order valence-corrected chi connectivity index (χ1v) is 11.0. The lowest BCUT2D eigenvalue weighted by Gasteiger charge is -2.24. The van der Waals surface area contributed by atoms with E-state index in [-0.39, 0.29) is 0 Å². The lowest BCUT2D eigenvalue weighted by Crippen LogP contribution is -2.26. The molecule has 5 N–H and O–H groups in total. The Bertz CT molecular complexity index is 1170. The smallest absolute Gasteiger partial charge is 0.0960 e. The molecule has 0 amide bonds. The van der Waals surface area contributed by atoms with Crippen molar-refractivity contribution >= 4 is 27.6 Å². The van der Waals surface area contributed by atoms with Crippen LogP contribution in [0.4, 0.5) is 0 Å². The Hall–Kier alpha value is -2.61. The van der Waals surface area contributed by atoms with Gasteiger partial charge in [0.25, 0.3) is 0 Å². The molecular formula is C24H31N5O2. The predicted octanol–water partition coefficient (Wildman–Crippen LogP) is 3.05. The number of benzene rings is 1. The first-order valence-electron chi connectivity index (χ1n) is 11.0. The summed E-state index contributed by atoms with van der Waals surface area (Å²) in [5.41, 5.74) is 11.9. The van der Waals surface area contributed by atoms with Crippen molar-refractivity contribution in [2.24, 2.45) is 17.5 Å². The van der Waals surface area contributed by atoms with Gasteiger partial charge in [0.1, 0.15) is 0 Å². The van der Waals surface area contributed by atoms with Gasteiger partial charge in [0.05, 0.1) is 27.8 Å². The normalized spacial score (nSPS) is 19.6. The first kappa shape index (κ1) is 20.3. The van der Waals surface area contributed by atoms with Gasteiger partial charge in [-0.1, -0.05) is 12.1 Å². The standard InChI is InChI=1S/C24H31N5O2/c1-15(25)23(28(2)26)17-11-21-22(27-13-17)19-4-3-18(24(30)7-8-24)12-20(19)29(21)14-16-5-9-31-10-6-16/h3-4,11-13,16,30H,5-10,14,25-26H2,1-2H3/b23-15-. The minimum absolute atomic E-state index is 0.548. The number of hydrogen-bond donors (Lipinski definition) is 3. The monoisotopic (exact) mass is 421 g/mol. The lowest BCUT2D eigenvalue weighted by atomic mass is 10.00. The Labute approximate surface area is 182 Å². The molecule has 0 spiro atoms. The molecule has 5 rings (SSSR count). The summed E-state index contributed by atoms with van der Waals surface area (Å²) in [6, 6.07) is 8.45. The number of hydrazine groups is 1. The third-order valence-corrected chi connectivity index (χ3v) is 6.74. The van der Waals surface area contributed by atoms with E-state index in [1.165, 1.54) is 0 Å². The zero-order valence-electron chi connectivity index (χ0n) is 18.3. The molecule has 3 aromatic rings.